The van der Waals surface area contributed by atoms with Crippen molar-refractivity contribution in [3.05, 3.63) is 29.8 Å². The summed E-state index contributed by atoms with van der Waals surface area (Å²) in [7, 11) is 0. The SMILES string of the molecule is CC(=O)c1ccc(OCCN)cc1. The summed E-state index contributed by atoms with van der Waals surface area (Å²) in [6, 6.07) is 7.03. The Labute approximate surface area is 77.5 Å². The Bertz CT molecular complexity index is 279. The van der Waals surface area contributed by atoms with Crippen LogP contribution in [0, 0.1) is 0 Å². The molecule has 3 nitrogen and oxygen atoms in total. The lowest BCUT2D eigenvalue weighted by atomic mass is 10.1. The number of benzene rings is 1. The summed E-state index contributed by atoms with van der Waals surface area (Å²) in [6.45, 7) is 2.53. The molecule has 0 heterocycles. The first kappa shape index (κ1) is 9.74. The monoisotopic (exact) mass is 179 g/mol. The van der Waals surface area contributed by atoms with E-state index in [1.807, 2.05) is 0 Å². The molecular weight excluding hydrogens is 166 g/mol. The van der Waals surface area contributed by atoms with Crippen molar-refractivity contribution in [2.45, 2.75) is 6.92 Å². The van der Waals surface area contributed by atoms with Crippen molar-refractivity contribution in [1.29, 1.82) is 0 Å². The van der Waals surface area contributed by atoms with Gasteiger partial charge in [-0.1, -0.05) is 0 Å². The summed E-state index contributed by atoms with van der Waals surface area (Å²) < 4.78 is 5.25. The van der Waals surface area contributed by atoms with E-state index in [9.17, 15) is 4.79 Å². The number of carbonyl (C=O) groups excluding carboxylic acids is 1. The van der Waals surface area contributed by atoms with Gasteiger partial charge >= 0.3 is 0 Å². The lowest BCUT2D eigenvalue weighted by Crippen LogP contribution is -2.10. The van der Waals surface area contributed by atoms with E-state index in [1.54, 1.807) is 24.3 Å². The van der Waals surface area contributed by atoms with Gasteiger partial charge in [0.25, 0.3) is 0 Å². The molecule has 0 unspecified atom stereocenters. The highest BCUT2D eigenvalue weighted by molar-refractivity contribution is 5.94. The molecule has 0 fully saturated rings. The van der Waals surface area contributed by atoms with Gasteiger partial charge in [-0.25, -0.2) is 0 Å². The fourth-order valence-corrected chi connectivity index (χ4v) is 0.963. The molecule has 1 rings (SSSR count). The number of nitrogens with two attached hydrogens (primary N) is 1. The van der Waals surface area contributed by atoms with E-state index in [2.05, 4.69) is 0 Å². The molecule has 3 heteroatoms. The van der Waals surface area contributed by atoms with Crippen LogP contribution in [0.3, 0.4) is 0 Å². The maximum absolute atomic E-state index is 10.9. The molecule has 0 saturated heterocycles. The molecule has 0 amide bonds. The summed E-state index contributed by atoms with van der Waals surface area (Å²) in [6.07, 6.45) is 0. The summed E-state index contributed by atoms with van der Waals surface area (Å²) in [4.78, 5) is 10.9. The van der Waals surface area contributed by atoms with E-state index < -0.39 is 0 Å². The zero-order valence-corrected chi connectivity index (χ0v) is 7.62. The predicted octanol–water partition coefficient (Wildman–Crippen LogP) is 1.23. The number of hydrogen-bond acceptors (Lipinski definition) is 3. The van der Waals surface area contributed by atoms with Crippen LogP contribution in [0.2, 0.25) is 0 Å². The third-order valence-electron chi connectivity index (χ3n) is 1.65. The highest BCUT2D eigenvalue weighted by atomic mass is 16.5. The second kappa shape index (κ2) is 4.62. The van der Waals surface area contributed by atoms with E-state index in [-0.39, 0.29) is 5.78 Å². The van der Waals surface area contributed by atoms with Gasteiger partial charge in [0.1, 0.15) is 12.4 Å². The molecule has 0 aromatic heterocycles. The number of ether oxygens (including phenoxy) is 1. The first-order valence-electron chi connectivity index (χ1n) is 4.18. The van der Waals surface area contributed by atoms with Crippen molar-refractivity contribution >= 4 is 5.78 Å². The Morgan fingerprint density at radius 2 is 2.00 bits per heavy atom. The maximum Gasteiger partial charge on any atom is 0.159 e. The van der Waals surface area contributed by atoms with Gasteiger partial charge in [0, 0.05) is 12.1 Å². The topological polar surface area (TPSA) is 52.3 Å². The van der Waals surface area contributed by atoms with Gasteiger partial charge < -0.3 is 10.5 Å². The molecule has 13 heavy (non-hydrogen) atoms. The highest BCUT2D eigenvalue weighted by Crippen LogP contribution is 2.11. The van der Waals surface area contributed by atoms with E-state index >= 15 is 0 Å². The lowest BCUT2D eigenvalue weighted by molar-refractivity contribution is 0.101. The molecule has 1 aromatic carbocycles. The third kappa shape index (κ3) is 2.87. The van der Waals surface area contributed by atoms with Crippen LogP contribution >= 0.6 is 0 Å². The van der Waals surface area contributed by atoms with E-state index in [0.29, 0.717) is 18.7 Å². The van der Waals surface area contributed by atoms with Gasteiger partial charge in [-0.05, 0) is 31.2 Å². The van der Waals surface area contributed by atoms with Crippen LogP contribution in [0.4, 0.5) is 0 Å². The molecule has 0 aliphatic carbocycles. The number of carbonyl (C=O) groups is 1. The van der Waals surface area contributed by atoms with Gasteiger partial charge in [0.2, 0.25) is 0 Å². The zero-order chi connectivity index (χ0) is 9.68. The number of rotatable bonds is 4. The van der Waals surface area contributed by atoms with Crippen molar-refractivity contribution in [2.24, 2.45) is 5.73 Å². The van der Waals surface area contributed by atoms with Crippen LogP contribution < -0.4 is 10.5 Å². The van der Waals surface area contributed by atoms with Crippen molar-refractivity contribution in [3.63, 3.8) is 0 Å². The summed E-state index contributed by atoms with van der Waals surface area (Å²) >= 11 is 0. The molecule has 0 spiro atoms. The highest BCUT2D eigenvalue weighted by Gasteiger charge is 1.98. The molecule has 2 N–H and O–H groups in total. The molecular formula is C10H13NO2. The summed E-state index contributed by atoms with van der Waals surface area (Å²) in [5, 5.41) is 0. The maximum atomic E-state index is 10.9. The van der Waals surface area contributed by atoms with Crippen molar-refractivity contribution in [1.82, 2.24) is 0 Å². The molecule has 0 radical (unpaired) electrons. The van der Waals surface area contributed by atoms with Crippen LogP contribution in [0.1, 0.15) is 17.3 Å². The fourth-order valence-electron chi connectivity index (χ4n) is 0.963. The van der Waals surface area contributed by atoms with Crippen molar-refractivity contribution < 1.29 is 9.53 Å². The van der Waals surface area contributed by atoms with Gasteiger partial charge in [0.15, 0.2) is 5.78 Å². The van der Waals surface area contributed by atoms with E-state index in [1.165, 1.54) is 6.92 Å². The Hall–Kier alpha value is -1.35. The Morgan fingerprint density at radius 1 is 1.38 bits per heavy atom. The average molecular weight is 179 g/mol. The second-order valence-corrected chi connectivity index (χ2v) is 2.72. The third-order valence-corrected chi connectivity index (χ3v) is 1.65. The Kier molecular flexibility index (Phi) is 3.46. The molecule has 0 aliphatic heterocycles. The largest absolute Gasteiger partial charge is 0.492 e. The smallest absolute Gasteiger partial charge is 0.159 e. The van der Waals surface area contributed by atoms with Crippen LogP contribution in [0.15, 0.2) is 24.3 Å². The quantitative estimate of drug-likeness (QED) is 0.707. The normalized spacial score (nSPS) is 9.69. The summed E-state index contributed by atoms with van der Waals surface area (Å²) in [5.41, 5.74) is 5.97. The minimum absolute atomic E-state index is 0.0605. The molecule has 0 atom stereocenters. The second-order valence-electron chi connectivity index (χ2n) is 2.72. The van der Waals surface area contributed by atoms with Crippen LogP contribution in [-0.2, 0) is 0 Å². The average Bonchev–Trinajstić information content (AvgIpc) is 2.15. The molecule has 70 valence electrons. The Morgan fingerprint density at radius 3 is 2.46 bits per heavy atom. The fraction of sp³-hybridized carbons (Fsp3) is 0.300. The summed E-state index contributed by atoms with van der Waals surface area (Å²) in [5.74, 6) is 0.806. The van der Waals surface area contributed by atoms with Gasteiger partial charge in [-0.3, -0.25) is 4.79 Å². The van der Waals surface area contributed by atoms with E-state index in [4.69, 9.17) is 10.5 Å². The van der Waals surface area contributed by atoms with E-state index in [0.717, 1.165) is 5.75 Å². The van der Waals surface area contributed by atoms with Crippen LogP contribution in [0.25, 0.3) is 0 Å². The minimum atomic E-state index is 0.0605. The predicted molar refractivity (Wildman–Crippen MR) is 51.0 cm³/mol. The first-order chi connectivity index (χ1) is 6.24. The Balaban J connectivity index is 2.64. The van der Waals surface area contributed by atoms with Gasteiger partial charge in [0.05, 0.1) is 0 Å². The first-order valence-corrected chi connectivity index (χ1v) is 4.18. The molecule has 0 bridgehead atoms. The number of hydrogen-bond donors (Lipinski definition) is 1. The van der Waals surface area contributed by atoms with Gasteiger partial charge in [-0.2, -0.15) is 0 Å². The van der Waals surface area contributed by atoms with Crippen LogP contribution in [-0.4, -0.2) is 18.9 Å². The lowest BCUT2D eigenvalue weighted by Gasteiger charge is -2.03. The van der Waals surface area contributed by atoms with Gasteiger partial charge in [-0.15, -0.1) is 0 Å². The minimum Gasteiger partial charge on any atom is -0.492 e. The zero-order valence-electron chi connectivity index (χ0n) is 7.62. The van der Waals surface area contributed by atoms with Crippen molar-refractivity contribution in [2.75, 3.05) is 13.2 Å². The molecule has 0 aliphatic rings. The number of ketones is 1. The van der Waals surface area contributed by atoms with Crippen LogP contribution in [0.5, 0.6) is 5.75 Å². The van der Waals surface area contributed by atoms with Crippen molar-refractivity contribution in [3.8, 4) is 5.75 Å². The standard InChI is InChI=1S/C10H13NO2/c1-8(12)9-2-4-10(5-3-9)13-7-6-11/h2-5H,6-7,11H2,1H3. The molecule has 1 aromatic rings. The molecule has 0 saturated carbocycles. The number of Topliss-reactive ketones (excluding diaryl/α,β-unsaturated/α-hetero) is 1.